The first-order valence-corrected chi connectivity index (χ1v) is 34.6. The Labute approximate surface area is 522 Å². The Morgan fingerprint density at radius 1 is 0.437 bits per heavy atom. The van der Waals surface area contributed by atoms with Crippen LogP contribution in [0, 0.1) is 101 Å². The fraction of sp³-hybridized carbons (Fsp3) is 0.827. The third-order valence-electron chi connectivity index (χ3n) is 29.0. The summed E-state index contributed by atoms with van der Waals surface area (Å²) in [6.07, 6.45) is 27.8. The van der Waals surface area contributed by atoms with Gasteiger partial charge in [-0.3, -0.25) is 24.0 Å². The standard InChI is InChI=1S/C75H112O12/c1-66(2)53-29-35-70(9)42-45-17-21-51-68(5,6)59(33-37-72(51,11)47(45)19-23-55(70)74(53,13)39-31-57(66)81-15)85-62(78)26-25-61(77)84-50-44-83-65(41-49(50)76)87-64(80)28-27-63(79)86-60-34-38-73(12)48-20-24-56-71(10,43-46(48)18-22-52(73)69(60,7)8)36-30-54-67(3,4)58(82-16)32-40-75(54,56)14/h17-18,41,44,47-48,51-60H,19-40,42-43H2,1-16H3/t47-,48-,51-,52-,53-,54-,55-,56-,57-,58-,59+,60+,70-,71-,72+,73+,74-,75-/m0/s1. The smallest absolute Gasteiger partial charge is 0.314 e. The number of rotatable bonds is 12. The van der Waals surface area contributed by atoms with Crippen LogP contribution in [0.5, 0.6) is 11.7 Å². The second kappa shape index (κ2) is 22.8. The Bertz CT molecular complexity index is 2940. The summed E-state index contributed by atoms with van der Waals surface area (Å²) in [6.45, 7) is 34.5. The Morgan fingerprint density at radius 3 is 1.23 bits per heavy atom. The van der Waals surface area contributed by atoms with Crippen molar-refractivity contribution in [2.75, 3.05) is 14.2 Å². The molecule has 0 bridgehead atoms. The van der Waals surface area contributed by atoms with E-state index in [9.17, 15) is 24.0 Å². The highest BCUT2D eigenvalue weighted by atomic mass is 16.6. The molecule has 484 valence electrons. The minimum Gasteiger partial charge on any atom is -0.462 e. The predicted octanol–water partition coefficient (Wildman–Crippen LogP) is 16.7. The first-order chi connectivity index (χ1) is 40.7. The van der Waals surface area contributed by atoms with Gasteiger partial charge < -0.3 is 32.8 Å². The van der Waals surface area contributed by atoms with Crippen molar-refractivity contribution in [3.63, 3.8) is 0 Å². The molecule has 0 N–H and O–H groups in total. The minimum absolute atomic E-state index is 0.0922. The second-order valence-electron chi connectivity index (χ2n) is 34.6. The molecule has 0 unspecified atom stereocenters. The van der Waals surface area contributed by atoms with E-state index in [0.717, 1.165) is 63.7 Å². The van der Waals surface area contributed by atoms with Crippen LogP contribution in [0.3, 0.4) is 0 Å². The number of esters is 4. The molecule has 12 nitrogen and oxygen atoms in total. The lowest BCUT2D eigenvalue weighted by atomic mass is 9.42. The van der Waals surface area contributed by atoms with Crippen LogP contribution in [0.1, 0.15) is 251 Å². The largest absolute Gasteiger partial charge is 0.462 e. The first-order valence-electron chi connectivity index (χ1n) is 34.6. The Hall–Kier alpha value is -3.77. The van der Waals surface area contributed by atoms with Gasteiger partial charge in [-0.05, 0) is 219 Å². The summed E-state index contributed by atoms with van der Waals surface area (Å²) in [6, 6.07) is 0.931. The SMILES string of the molecule is CO[C@H]1CC[C@@]2(C)[C@@H](CC[C@@]3(C)CC4=CC[C@H]5C(C)(C)[C@H](OC(=O)CCC(=O)Oc6cc(=O)c(OC(=O)CCC(=O)O[C@@H]7CC[C@]8(C)[C@H]9CC[C@H]%10[C@@](C)(CC[C@H]%11C(C)(C)[C@@H](OC)CC[C@@]%11%10C)CC9=CC[C@H]8C7(C)C)co6)CC[C@]5(C)[C@H]4CC[C@@H]32)C1(C)C. The van der Waals surface area contributed by atoms with Crippen LogP contribution in [-0.2, 0) is 38.1 Å². The molecule has 0 aliphatic heterocycles. The summed E-state index contributed by atoms with van der Waals surface area (Å²) in [4.78, 5) is 66.3. The van der Waals surface area contributed by atoms with Gasteiger partial charge in [-0.25, -0.2) is 0 Å². The molecular weight excluding hydrogens is 1090 g/mol. The van der Waals surface area contributed by atoms with Crippen molar-refractivity contribution in [3.05, 3.63) is 45.9 Å². The zero-order valence-electron chi connectivity index (χ0n) is 56.6. The van der Waals surface area contributed by atoms with E-state index in [1.54, 1.807) is 11.1 Å². The third-order valence-corrected chi connectivity index (χ3v) is 29.0. The van der Waals surface area contributed by atoms with Gasteiger partial charge in [0.15, 0.2) is 0 Å². The molecule has 0 radical (unpaired) electrons. The minimum atomic E-state index is -0.787. The molecule has 8 fully saturated rings. The van der Waals surface area contributed by atoms with Crippen molar-refractivity contribution in [3.8, 4) is 11.7 Å². The number of hydrogen-bond donors (Lipinski definition) is 0. The van der Waals surface area contributed by atoms with Crippen LogP contribution >= 0.6 is 0 Å². The fourth-order valence-corrected chi connectivity index (χ4v) is 24.8. The maximum Gasteiger partial charge on any atom is 0.314 e. The molecule has 0 aromatic carbocycles. The van der Waals surface area contributed by atoms with Crippen molar-refractivity contribution in [1.82, 2.24) is 0 Å². The summed E-state index contributed by atoms with van der Waals surface area (Å²) in [5.41, 5.74) is 3.71. The van der Waals surface area contributed by atoms with Crippen LogP contribution in [0.15, 0.2) is 44.8 Å². The van der Waals surface area contributed by atoms with Gasteiger partial charge in [0.05, 0.1) is 44.0 Å². The van der Waals surface area contributed by atoms with Gasteiger partial charge in [0.2, 0.25) is 11.2 Å². The summed E-state index contributed by atoms with van der Waals surface area (Å²) in [5, 5.41) is 0. The molecule has 1 aromatic rings. The van der Waals surface area contributed by atoms with Crippen LogP contribution in [0.2, 0.25) is 0 Å². The molecule has 11 rings (SSSR count). The summed E-state index contributed by atoms with van der Waals surface area (Å²) >= 11 is 0. The van der Waals surface area contributed by atoms with E-state index < -0.39 is 35.1 Å². The maximum atomic E-state index is 13.5. The highest BCUT2D eigenvalue weighted by molar-refractivity contribution is 5.80. The van der Waals surface area contributed by atoms with E-state index in [1.807, 2.05) is 14.2 Å². The third kappa shape index (κ3) is 10.8. The molecule has 8 saturated carbocycles. The highest BCUT2D eigenvalue weighted by Gasteiger charge is 2.66. The van der Waals surface area contributed by atoms with Gasteiger partial charge in [-0.1, -0.05) is 120 Å². The van der Waals surface area contributed by atoms with Gasteiger partial charge >= 0.3 is 23.9 Å². The number of carbonyl (C=O) groups is 4. The number of carbonyl (C=O) groups excluding carboxylic acids is 4. The Morgan fingerprint density at radius 2 is 0.816 bits per heavy atom. The summed E-state index contributed by atoms with van der Waals surface area (Å²) in [5.74, 6) is 1.09. The fourth-order valence-electron chi connectivity index (χ4n) is 24.8. The highest BCUT2D eigenvalue weighted by Crippen LogP contribution is 2.73. The molecule has 0 saturated heterocycles. The van der Waals surface area contributed by atoms with Crippen molar-refractivity contribution >= 4 is 23.9 Å². The average Bonchev–Trinajstić information content (AvgIpc) is 1.69. The molecule has 0 amide bonds. The second-order valence-corrected chi connectivity index (χ2v) is 34.6. The van der Waals surface area contributed by atoms with Gasteiger partial charge in [-0.15, -0.1) is 0 Å². The van der Waals surface area contributed by atoms with E-state index in [-0.39, 0.29) is 87.2 Å². The van der Waals surface area contributed by atoms with Gasteiger partial charge in [0.1, 0.15) is 18.5 Å². The van der Waals surface area contributed by atoms with Crippen molar-refractivity contribution in [2.24, 2.45) is 101 Å². The molecule has 1 aromatic heterocycles. The molecule has 0 spiro atoms. The van der Waals surface area contributed by atoms with Crippen LogP contribution < -0.4 is 14.9 Å². The van der Waals surface area contributed by atoms with Gasteiger partial charge in [0.25, 0.3) is 5.95 Å². The lowest BCUT2D eigenvalue weighted by Crippen LogP contribution is -2.58. The van der Waals surface area contributed by atoms with E-state index in [0.29, 0.717) is 70.4 Å². The normalized spacial score (nSPS) is 42.9. The van der Waals surface area contributed by atoms with E-state index in [1.165, 1.54) is 77.0 Å². The number of fused-ring (bicyclic) bond motifs is 12. The number of ether oxygens (including phenoxy) is 6. The lowest BCUT2D eigenvalue weighted by molar-refractivity contribution is -0.178. The van der Waals surface area contributed by atoms with Crippen LogP contribution in [-0.4, -0.2) is 62.5 Å². The monoisotopic (exact) mass is 1200 g/mol. The zero-order chi connectivity index (χ0) is 62.9. The molecule has 1 heterocycles. The van der Waals surface area contributed by atoms with E-state index in [4.69, 9.17) is 32.8 Å². The van der Waals surface area contributed by atoms with Crippen LogP contribution in [0.4, 0.5) is 0 Å². The quantitative estimate of drug-likeness (QED) is 0.145. The molecule has 12 heteroatoms. The van der Waals surface area contributed by atoms with Crippen molar-refractivity contribution in [2.45, 2.75) is 275 Å². The molecule has 18 atom stereocenters. The van der Waals surface area contributed by atoms with Gasteiger partial charge in [-0.2, -0.15) is 0 Å². The van der Waals surface area contributed by atoms with Crippen LogP contribution in [0.25, 0.3) is 0 Å². The molecular formula is C75H112O12. The lowest BCUT2D eigenvalue weighted by Gasteiger charge is -2.64. The molecule has 10 aliphatic carbocycles. The van der Waals surface area contributed by atoms with E-state index in [2.05, 4.69) is 109 Å². The van der Waals surface area contributed by atoms with Crippen molar-refractivity contribution < 1.29 is 52.0 Å². The molecule has 87 heavy (non-hydrogen) atoms. The van der Waals surface area contributed by atoms with Crippen molar-refractivity contribution in [1.29, 1.82) is 0 Å². The average molecular weight is 1210 g/mol. The first kappa shape index (κ1) is 64.7. The maximum absolute atomic E-state index is 13.5. The van der Waals surface area contributed by atoms with Gasteiger partial charge in [0, 0.05) is 25.0 Å². The topological polar surface area (TPSA) is 154 Å². The Kier molecular flexibility index (Phi) is 17.0. The number of methoxy groups -OCH3 is 2. The zero-order valence-corrected chi connectivity index (χ0v) is 56.6. The number of allylic oxidation sites excluding steroid dienone is 4. The number of hydrogen-bond acceptors (Lipinski definition) is 12. The molecule has 10 aliphatic rings. The summed E-state index contributed by atoms with van der Waals surface area (Å²) < 4.78 is 40.9. The predicted molar refractivity (Wildman–Crippen MR) is 336 cm³/mol. The van der Waals surface area contributed by atoms with E-state index >= 15 is 0 Å². The Balaban J connectivity index is 0.628. The summed E-state index contributed by atoms with van der Waals surface area (Å²) in [7, 11) is 3.81.